The molecule has 0 aliphatic carbocycles. The number of sulfonamides is 1. The number of likely N-dealkylation sites (N-methyl/N-ethyl adjacent to an activating group) is 1. The molecule has 3 rings (SSSR count). The molecule has 0 radical (unpaired) electrons. The second-order valence-electron chi connectivity index (χ2n) is 9.14. The van der Waals surface area contributed by atoms with Crippen molar-refractivity contribution in [1.29, 1.82) is 0 Å². The van der Waals surface area contributed by atoms with Crippen LogP contribution in [0.4, 0.5) is 5.69 Å². The molecule has 0 bridgehead atoms. The molecule has 1 aromatic heterocycles. The smallest absolute Gasteiger partial charge is 0.229 e. The molecule has 1 aromatic carbocycles. The Morgan fingerprint density at radius 2 is 2.00 bits per heavy atom. The van der Waals surface area contributed by atoms with E-state index in [1.807, 2.05) is 33.0 Å². The summed E-state index contributed by atoms with van der Waals surface area (Å²) in [5.41, 5.74) is 2.11. The van der Waals surface area contributed by atoms with E-state index in [0.29, 0.717) is 30.1 Å². The molecule has 10 heteroatoms. The van der Waals surface area contributed by atoms with Crippen LogP contribution in [0.2, 0.25) is 0 Å². The molecule has 3 atom stereocenters. The zero-order valence-electron chi connectivity index (χ0n) is 20.1. The first-order valence-corrected chi connectivity index (χ1v) is 13.2. The van der Waals surface area contributed by atoms with Crippen molar-refractivity contribution in [2.45, 2.75) is 39.0 Å². The van der Waals surface area contributed by atoms with Gasteiger partial charge in [-0.3, -0.25) is 19.4 Å². The van der Waals surface area contributed by atoms with Gasteiger partial charge >= 0.3 is 0 Å². The van der Waals surface area contributed by atoms with Crippen LogP contribution in [0.5, 0.6) is 5.75 Å². The SMILES string of the molecule is C[C@H](CO)N1C[C@H](C)[C@H](CN(C)Cc2ccncc2)Oc2ccc(NS(C)(=O)=O)cc2CC1=O. The number of rotatable bonds is 8. The largest absolute Gasteiger partial charge is 0.488 e. The van der Waals surface area contributed by atoms with Gasteiger partial charge in [0.2, 0.25) is 15.9 Å². The second kappa shape index (κ2) is 11.2. The van der Waals surface area contributed by atoms with Crippen LogP contribution in [-0.2, 0) is 27.8 Å². The maximum Gasteiger partial charge on any atom is 0.229 e. The third-order valence-corrected chi connectivity index (χ3v) is 6.52. The quantitative estimate of drug-likeness (QED) is 0.580. The van der Waals surface area contributed by atoms with Crippen molar-refractivity contribution in [3.8, 4) is 5.75 Å². The number of anilines is 1. The first kappa shape index (κ1) is 25.9. The highest BCUT2D eigenvalue weighted by Gasteiger charge is 2.31. The van der Waals surface area contributed by atoms with Gasteiger partial charge in [0.15, 0.2) is 0 Å². The molecule has 34 heavy (non-hydrogen) atoms. The fourth-order valence-corrected chi connectivity index (χ4v) is 4.65. The van der Waals surface area contributed by atoms with Crippen molar-refractivity contribution in [2.24, 2.45) is 5.92 Å². The van der Waals surface area contributed by atoms with E-state index in [4.69, 9.17) is 4.74 Å². The number of hydrogen-bond donors (Lipinski definition) is 2. The second-order valence-corrected chi connectivity index (χ2v) is 10.9. The van der Waals surface area contributed by atoms with Gasteiger partial charge in [-0.15, -0.1) is 0 Å². The summed E-state index contributed by atoms with van der Waals surface area (Å²) in [6.07, 6.45) is 4.42. The van der Waals surface area contributed by atoms with Gasteiger partial charge in [-0.25, -0.2) is 8.42 Å². The number of benzene rings is 1. The van der Waals surface area contributed by atoms with E-state index in [2.05, 4.69) is 14.6 Å². The average Bonchev–Trinajstić information content (AvgIpc) is 2.81. The van der Waals surface area contributed by atoms with E-state index in [1.54, 1.807) is 35.5 Å². The first-order valence-electron chi connectivity index (χ1n) is 11.3. The summed E-state index contributed by atoms with van der Waals surface area (Å²) in [7, 11) is -1.45. The Morgan fingerprint density at radius 3 is 2.65 bits per heavy atom. The maximum atomic E-state index is 13.2. The van der Waals surface area contributed by atoms with Crippen LogP contribution in [0.3, 0.4) is 0 Å². The van der Waals surface area contributed by atoms with Crippen LogP contribution >= 0.6 is 0 Å². The number of aromatic nitrogens is 1. The van der Waals surface area contributed by atoms with E-state index >= 15 is 0 Å². The van der Waals surface area contributed by atoms with Gasteiger partial charge in [-0.05, 0) is 49.9 Å². The Bertz CT molecular complexity index is 1080. The zero-order chi connectivity index (χ0) is 24.9. The van der Waals surface area contributed by atoms with Gasteiger partial charge < -0.3 is 14.7 Å². The minimum Gasteiger partial charge on any atom is -0.488 e. The molecular weight excluding hydrogens is 456 g/mol. The van der Waals surface area contributed by atoms with Crippen LogP contribution in [-0.4, -0.2) is 79.4 Å². The van der Waals surface area contributed by atoms with Crippen molar-refractivity contribution in [3.63, 3.8) is 0 Å². The first-order chi connectivity index (χ1) is 16.1. The highest BCUT2D eigenvalue weighted by Crippen LogP contribution is 2.29. The number of amides is 1. The molecule has 2 aromatic rings. The van der Waals surface area contributed by atoms with Crippen LogP contribution in [0.15, 0.2) is 42.7 Å². The standard InChI is InChI=1S/C24H34N4O5S/c1-17-13-28(18(2)16-29)24(30)12-20-11-21(26-34(4,31)32)5-6-22(20)33-23(17)15-27(3)14-19-7-9-25-10-8-19/h5-11,17-18,23,26,29H,12-16H2,1-4H3/t17-,18+,23-/m0/s1. The lowest BCUT2D eigenvalue weighted by atomic mass is 10.0. The van der Waals surface area contributed by atoms with Crippen molar-refractivity contribution < 1.29 is 23.1 Å². The highest BCUT2D eigenvalue weighted by molar-refractivity contribution is 7.92. The van der Waals surface area contributed by atoms with Crippen LogP contribution in [0.1, 0.15) is 25.0 Å². The molecule has 1 aliphatic heterocycles. The molecule has 186 valence electrons. The van der Waals surface area contributed by atoms with Crippen LogP contribution in [0.25, 0.3) is 0 Å². The van der Waals surface area contributed by atoms with Crippen molar-refractivity contribution >= 4 is 21.6 Å². The topological polar surface area (TPSA) is 112 Å². The molecular formula is C24H34N4O5S. The van der Waals surface area contributed by atoms with Gasteiger partial charge in [0.05, 0.1) is 25.3 Å². The minimum absolute atomic E-state index is 0.0161. The third-order valence-electron chi connectivity index (χ3n) is 5.91. The normalized spacial score (nSPS) is 20.1. The Labute approximate surface area is 201 Å². The van der Waals surface area contributed by atoms with E-state index in [1.165, 1.54) is 0 Å². The van der Waals surface area contributed by atoms with Crippen molar-refractivity contribution in [2.75, 3.05) is 37.7 Å². The number of fused-ring (bicyclic) bond motifs is 1. The highest BCUT2D eigenvalue weighted by atomic mass is 32.2. The number of carbonyl (C=O) groups is 1. The van der Waals surface area contributed by atoms with E-state index in [0.717, 1.165) is 18.4 Å². The summed E-state index contributed by atoms with van der Waals surface area (Å²) >= 11 is 0. The molecule has 9 nitrogen and oxygen atoms in total. The molecule has 0 saturated heterocycles. The monoisotopic (exact) mass is 490 g/mol. The summed E-state index contributed by atoms with van der Waals surface area (Å²) in [5.74, 6) is 0.401. The maximum absolute atomic E-state index is 13.2. The fourth-order valence-electron chi connectivity index (χ4n) is 4.10. The number of pyridine rings is 1. The number of hydrogen-bond acceptors (Lipinski definition) is 7. The Morgan fingerprint density at radius 1 is 1.29 bits per heavy atom. The minimum atomic E-state index is -3.46. The predicted molar refractivity (Wildman–Crippen MR) is 131 cm³/mol. The van der Waals surface area contributed by atoms with Gasteiger partial charge in [0, 0.05) is 49.2 Å². The molecule has 0 fully saturated rings. The number of nitrogens with one attached hydrogen (secondary N) is 1. The van der Waals surface area contributed by atoms with E-state index in [-0.39, 0.29) is 37.0 Å². The van der Waals surface area contributed by atoms with Gasteiger partial charge in [0.25, 0.3) is 0 Å². The Balaban J connectivity index is 1.91. The predicted octanol–water partition coefficient (Wildman–Crippen LogP) is 1.73. The molecule has 0 spiro atoms. The molecule has 1 aliphatic rings. The summed E-state index contributed by atoms with van der Waals surface area (Å²) in [6.45, 7) is 5.48. The Kier molecular flexibility index (Phi) is 8.51. The zero-order valence-corrected chi connectivity index (χ0v) is 21.0. The molecule has 0 saturated carbocycles. The summed E-state index contributed by atoms with van der Waals surface area (Å²) < 4.78 is 32.3. The van der Waals surface area contributed by atoms with Crippen molar-refractivity contribution in [1.82, 2.24) is 14.8 Å². The number of carbonyl (C=O) groups excluding carboxylic acids is 1. The van der Waals surface area contributed by atoms with Crippen molar-refractivity contribution in [3.05, 3.63) is 53.9 Å². The summed E-state index contributed by atoms with van der Waals surface area (Å²) in [4.78, 5) is 21.1. The lowest BCUT2D eigenvalue weighted by Gasteiger charge is -2.34. The lowest BCUT2D eigenvalue weighted by Crippen LogP contribution is -2.47. The van der Waals surface area contributed by atoms with Crippen LogP contribution in [0, 0.1) is 5.92 Å². The fraction of sp³-hybridized carbons (Fsp3) is 0.500. The van der Waals surface area contributed by atoms with E-state index in [9.17, 15) is 18.3 Å². The summed E-state index contributed by atoms with van der Waals surface area (Å²) in [5, 5.41) is 9.75. The van der Waals surface area contributed by atoms with Gasteiger partial charge in [-0.2, -0.15) is 0 Å². The number of aliphatic hydroxyl groups is 1. The molecule has 2 heterocycles. The van der Waals surface area contributed by atoms with Gasteiger partial charge in [0.1, 0.15) is 11.9 Å². The number of nitrogens with zero attached hydrogens (tertiary/aromatic N) is 3. The third kappa shape index (κ3) is 7.15. The number of aliphatic hydroxyl groups excluding tert-OH is 1. The average molecular weight is 491 g/mol. The molecule has 1 amide bonds. The molecule has 2 N–H and O–H groups in total. The molecule has 0 unspecified atom stereocenters. The van der Waals surface area contributed by atoms with Crippen LogP contribution < -0.4 is 9.46 Å². The van der Waals surface area contributed by atoms with E-state index < -0.39 is 10.0 Å². The lowest BCUT2D eigenvalue weighted by molar-refractivity contribution is -0.134. The van der Waals surface area contributed by atoms with Gasteiger partial charge in [-0.1, -0.05) is 6.92 Å². The number of ether oxygens (including phenoxy) is 1. The Hall–Kier alpha value is -2.69. The summed E-state index contributed by atoms with van der Waals surface area (Å²) in [6, 6.07) is 8.59.